The molecule has 0 aliphatic carbocycles. The fourth-order valence-corrected chi connectivity index (χ4v) is 1.90. The number of hydrogen-bond acceptors (Lipinski definition) is 5. The van der Waals surface area contributed by atoms with Crippen molar-refractivity contribution in [2.75, 3.05) is 5.73 Å². The van der Waals surface area contributed by atoms with Gasteiger partial charge >= 0.3 is 0 Å². The van der Waals surface area contributed by atoms with Gasteiger partial charge in [0.15, 0.2) is 5.65 Å². The largest absolute Gasteiger partial charge is 0.368 e. The minimum atomic E-state index is 0.257. The minimum Gasteiger partial charge on any atom is -0.368 e. The number of hydrogen-bond donors (Lipinski definition) is 1. The molecule has 0 bridgehead atoms. The topological polar surface area (TPSA) is 86.2 Å². The van der Waals surface area contributed by atoms with E-state index in [0.717, 1.165) is 17.4 Å². The second kappa shape index (κ2) is 5.06. The summed E-state index contributed by atoms with van der Waals surface area (Å²) >= 11 is 0. The molecule has 3 rings (SSSR count). The van der Waals surface area contributed by atoms with Gasteiger partial charge in [-0.1, -0.05) is 24.0 Å². The highest BCUT2D eigenvalue weighted by Crippen LogP contribution is 2.11. The van der Waals surface area contributed by atoms with Crippen molar-refractivity contribution in [3.8, 4) is 11.8 Å². The predicted molar refractivity (Wildman–Crippen MR) is 77.7 cm³/mol. The lowest BCUT2D eigenvalue weighted by Crippen LogP contribution is -2.02. The Morgan fingerprint density at radius 3 is 2.86 bits per heavy atom. The molecule has 0 saturated carbocycles. The highest BCUT2D eigenvalue weighted by molar-refractivity contribution is 5.76. The zero-order valence-corrected chi connectivity index (χ0v) is 11.2. The summed E-state index contributed by atoms with van der Waals surface area (Å²) in [7, 11) is 0. The summed E-state index contributed by atoms with van der Waals surface area (Å²) in [6.45, 7) is 1.94. The van der Waals surface area contributed by atoms with Crippen molar-refractivity contribution in [2.24, 2.45) is 0 Å². The van der Waals surface area contributed by atoms with Crippen LogP contribution in [0.15, 0.2) is 30.7 Å². The molecule has 6 heteroatoms. The zero-order chi connectivity index (χ0) is 14.8. The monoisotopic (exact) mass is 277 g/mol. The van der Waals surface area contributed by atoms with Crippen molar-refractivity contribution in [3.63, 3.8) is 0 Å². The van der Waals surface area contributed by atoms with Crippen LogP contribution in [0.2, 0.25) is 0 Å². The number of aromatic nitrogens is 4. The maximum absolute atomic E-state index is 10.8. The van der Waals surface area contributed by atoms with Crippen molar-refractivity contribution in [3.05, 3.63) is 53.0 Å². The van der Waals surface area contributed by atoms with Gasteiger partial charge in [0.25, 0.3) is 0 Å². The number of fused-ring (bicyclic) bond motifs is 1. The Morgan fingerprint density at radius 1 is 1.24 bits per heavy atom. The van der Waals surface area contributed by atoms with Crippen LogP contribution in [0, 0.1) is 18.8 Å². The molecule has 0 aliphatic rings. The van der Waals surface area contributed by atoms with Gasteiger partial charge in [-0.2, -0.15) is 9.61 Å². The Kier molecular flexibility index (Phi) is 3.09. The first kappa shape index (κ1) is 12.8. The average Bonchev–Trinajstić information content (AvgIpc) is 2.91. The predicted octanol–water partition coefficient (Wildman–Crippen LogP) is 1.23. The Hall–Kier alpha value is -3.20. The molecule has 2 aromatic heterocycles. The minimum absolute atomic E-state index is 0.257. The molecule has 0 aliphatic heterocycles. The summed E-state index contributed by atoms with van der Waals surface area (Å²) in [4.78, 5) is 18.8. The fourth-order valence-electron chi connectivity index (χ4n) is 1.90. The van der Waals surface area contributed by atoms with Crippen molar-refractivity contribution in [2.45, 2.75) is 6.92 Å². The molecule has 1 aromatic carbocycles. The SMILES string of the molecule is Cc1ccc(C=O)cc1C#Cc1cnn2c(N)ncnc12. The van der Waals surface area contributed by atoms with E-state index in [4.69, 9.17) is 5.73 Å². The number of carbonyl (C=O) groups is 1. The quantitative estimate of drug-likeness (QED) is 0.534. The number of nitrogen functional groups attached to an aromatic ring is 1. The first-order valence-electron chi connectivity index (χ1n) is 6.21. The van der Waals surface area contributed by atoms with Gasteiger partial charge in [0.05, 0.1) is 11.8 Å². The van der Waals surface area contributed by atoms with Crippen LogP contribution in [0.4, 0.5) is 5.95 Å². The van der Waals surface area contributed by atoms with Crippen molar-refractivity contribution < 1.29 is 4.79 Å². The maximum atomic E-state index is 10.8. The van der Waals surface area contributed by atoms with E-state index in [9.17, 15) is 4.79 Å². The third kappa shape index (κ3) is 2.32. The van der Waals surface area contributed by atoms with Crippen LogP contribution in [-0.2, 0) is 0 Å². The van der Waals surface area contributed by atoms with E-state index >= 15 is 0 Å². The molecule has 6 nitrogen and oxygen atoms in total. The molecule has 0 amide bonds. The molecule has 0 radical (unpaired) electrons. The Bertz CT molecular complexity index is 901. The van der Waals surface area contributed by atoms with E-state index in [0.29, 0.717) is 16.8 Å². The molecular weight excluding hydrogens is 266 g/mol. The number of aryl methyl sites for hydroxylation is 1. The van der Waals surface area contributed by atoms with Crippen LogP contribution in [0.1, 0.15) is 27.0 Å². The number of aldehydes is 1. The highest BCUT2D eigenvalue weighted by Gasteiger charge is 2.05. The van der Waals surface area contributed by atoms with E-state index in [1.54, 1.807) is 18.3 Å². The van der Waals surface area contributed by atoms with Crippen molar-refractivity contribution in [1.82, 2.24) is 19.6 Å². The van der Waals surface area contributed by atoms with Gasteiger partial charge in [0.2, 0.25) is 5.95 Å². The van der Waals surface area contributed by atoms with Crippen molar-refractivity contribution in [1.29, 1.82) is 0 Å². The van der Waals surface area contributed by atoms with E-state index in [2.05, 4.69) is 26.9 Å². The van der Waals surface area contributed by atoms with Gasteiger partial charge in [-0.3, -0.25) is 4.79 Å². The van der Waals surface area contributed by atoms with E-state index in [1.165, 1.54) is 10.8 Å². The normalized spacial score (nSPS) is 10.1. The lowest BCUT2D eigenvalue weighted by molar-refractivity contribution is 0.112. The molecule has 2 heterocycles. The Balaban J connectivity index is 2.08. The zero-order valence-electron chi connectivity index (χ0n) is 11.2. The smallest absolute Gasteiger partial charge is 0.224 e. The van der Waals surface area contributed by atoms with Gasteiger partial charge in [0.1, 0.15) is 12.6 Å². The number of carbonyl (C=O) groups excluding carboxylic acids is 1. The van der Waals surface area contributed by atoms with E-state index in [1.807, 2.05) is 13.0 Å². The molecule has 0 atom stereocenters. The van der Waals surface area contributed by atoms with Crippen LogP contribution in [-0.4, -0.2) is 25.9 Å². The molecule has 0 unspecified atom stereocenters. The van der Waals surface area contributed by atoms with E-state index in [-0.39, 0.29) is 5.95 Å². The maximum Gasteiger partial charge on any atom is 0.224 e. The van der Waals surface area contributed by atoms with Crippen LogP contribution in [0.5, 0.6) is 0 Å². The third-order valence-corrected chi connectivity index (χ3v) is 3.06. The summed E-state index contributed by atoms with van der Waals surface area (Å²) in [5.41, 5.74) is 9.29. The van der Waals surface area contributed by atoms with Crippen LogP contribution in [0.3, 0.4) is 0 Å². The number of rotatable bonds is 1. The van der Waals surface area contributed by atoms with Crippen LogP contribution < -0.4 is 5.73 Å². The second-order valence-corrected chi connectivity index (χ2v) is 4.47. The second-order valence-electron chi connectivity index (χ2n) is 4.47. The molecule has 0 spiro atoms. The first-order chi connectivity index (χ1) is 10.2. The van der Waals surface area contributed by atoms with Gasteiger partial charge < -0.3 is 5.73 Å². The average molecular weight is 277 g/mol. The first-order valence-corrected chi connectivity index (χ1v) is 6.21. The Morgan fingerprint density at radius 2 is 2.05 bits per heavy atom. The summed E-state index contributed by atoms with van der Waals surface area (Å²) in [5, 5.41) is 4.09. The third-order valence-electron chi connectivity index (χ3n) is 3.06. The molecule has 102 valence electrons. The fraction of sp³-hybridized carbons (Fsp3) is 0.0667. The standard InChI is InChI=1S/C15H11N5O/c1-10-2-3-11(8-21)6-12(10)4-5-13-7-19-20-14(13)17-9-18-15(20)16/h2-3,6-9H,1H3,(H2,16,17,18). The van der Waals surface area contributed by atoms with E-state index < -0.39 is 0 Å². The van der Waals surface area contributed by atoms with Crippen LogP contribution >= 0.6 is 0 Å². The molecule has 3 aromatic rings. The molecule has 2 N–H and O–H groups in total. The highest BCUT2D eigenvalue weighted by atomic mass is 16.1. The summed E-state index contributed by atoms with van der Waals surface area (Å²) < 4.78 is 1.43. The lowest BCUT2D eigenvalue weighted by atomic mass is 10.1. The number of nitrogens with two attached hydrogens (primary N) is 1. The van der Waals surface area contributed by atoms with Gasteiger partial charge in [-0.15, -0.1) is 0 Å². The van der Waals surface area contributed by atoms with Gasteiger partial charge in [-0.05, 0) is 18.6 Å². The Labute approximate surface area is 120 Å². The molecule has 0 fully saturated rings. The summed E-state index contributed by atoms with van der Waals surface area (Å²) in [6.07, 6.45) is 3.76. The number of nitrogens with zero attached hydrogens (tertiary/aromatic N) is 4. The molecule has 0 saturated heterocycles. The number of anilines is 1. The lowest BCUT2D eigenvalue weighted by Gasteiger charge is -1.98. The van der Waals surface area contributed by atoms with Gasteiger partial charge in [0, 0.05) is 11.1 Å². The molecular formula is C15H11N5O. The number of benzene rings is 1. The van der Waals surface area contributed by atoms with Crippen LogP contribution in [0.25, 0.3) is 5.65 Å². The van der Waals surface area contributed by atoms with Gasteiger partial charge in [-0.25, -0.2) is 9.97 Å². The summed E-state index contributed by atoms with van der Waals surface area (Å²) in [6, 6.07) is 5.38. The molecule has 21 heavy (non-hydrogen) atoms. The summed E-state index contributed by atoms with van der Waals surface area (Å²) in [5.74, 6) is 6.30. The van der Waals surface area contributed by atoms with Crippen molar-refractivity contribution >= 4 is 17.9 Å².